The maximum atomic E-state index is 13.4. The average Bonchev–Trinajstić information content (AvgIpc) is 2.86. The van der Waals surface area contributed by atoms with Crippen molar-refractivity contribution in [3.05, 3.63) is 54.4 Å². The normalized spacial score (nSPS) is 15.9. The largest absolute Gasteiger partial charge is 0.321 e. The second kappa shape index (κ2) is 10.2. The molecule has 11 heteroatoms. The highest BCUT2D eigenvalue weighted by Crippen LogP contribution is 2.22. The summed E-state index contributed by atoms with van der Waals surface area (Å²) in [5.74, 6) is -0.989. The molecule has 1 aromatic carbocycles. The number of pyridine rings is 1. The third-order valence-electron chi connectivity index (χ3n) is 5.65. The van der Waals surface area contributed by atoms with Crippen LogP contribution < -0.4 is 10.2 Å². The SMILES string of the molecule is CN1N=C(C(=O)Nc2ccc(N(Cc3ccccn3)C(=O)C3=NN(C)C(=O)CC3)cc2)CCC1=O. The van der Waals surface area contributed by atoms with Crippen LogP contribution >= 0.6 is 0 Å². The Labute approximate surface area is 202 Å². The Morgan fingerprint density at radius 3 is 2.11 bits per heavy atom. The van der Waals surface area contributed by atoms with E-state index < -0.39 is 0 Å². The van der Waals surface area contributed by atoms with Crippen molar-refractivity contribution in [1.29, 1.82) is 0 Å². The summed E-state index contributed by atoms with van der Waals surface area (Å²) < 4.78 is 0. The molecule has 4 rings (SSSR count). The first kappa shape index (κ1) is 23.7. The summed E-state index contributed by atoms with van der Waals surface area (Å²) in [7, 11) is 3.04. The Morgan fingerprint density at radius 2 is 1.51 bits per heavy atom. The second-order valence-corrected chi connectivity index (χ2v) is 8.14. The Morgan fingerprint density at radius 1 is 0.886 bits per heavy atom. The van der Waals surface area contributed by atoms with Crippen LogP contribution in [0.5, 0.6) is 0 Å². The molecule has 2 aliphatic rings. The summed E-state index contributed by atoms with van der Waals surface area (Å²) in [6.45, 7) is 0.208. The van der Waals surface area contributed by atoms with Crippen molar-refractivity contribution in [3.63, 3.8) is 0 Å². The minimum Gasteiger partial charge on any atom is -0.321 e. The molecule has 0 spiro atoms. The summed E-state index contributed by atoms with van der Waals surface area (Å²) in [5.41, 5.74) is 2.35. The maximum Gasteiger partial charge on any atom is 0.274 e. The van der Waals surface area contributed by atoms with Gasteiger partial charge < -0.3 is 10.2 Å². The van der Waals surface area contributed by atoms with Gasteiger partial charge in [0.2, 0.25) is 11.8 Å². The lowest BCUT2D eigenvalue weighted by Gasteiger charge is -2.26. The molecule has 0 radical (unpaired) electrons. The van der Waals surface area contributed by atoms with Gasteiger partial charge in [-0.05, 0) is 36.4 Å². The molecule has 2 aliphatic heterocycles. The molecule has 0 aliphatic carbocycles. The molecule has 0 saturated carbocycles. The molecule has 2 aromatic rings. The van der Waals surface area contributed by atoms with Crippen LogP contribution in [0.3, 0.4) is 0 Å². The monoisotopic (exact) mass is 475 g/mol. The lowest BCUT2D eigenvalue weighted by atomic mass is 10.1. The number of aromatic nitrogens is 1. The zero-order valence-corrected chi connectivity index (χ0v) is 19.5. The van der Waals surface area contributed by atoms with E-state index in [2.05, 4.69) is 20.5 Å². The van der Waals surface area contributed by atoms with Gasteiger partial charge in [-0.15, -0.1) is 0 Å². The van der Waals surface area contributed by atoms with Crippen molar-refractivity contribution in [2.75, 3.05) is 24.3 Å². The van der Waals surface area contributed by atoms with Crippen LogP contribution in [0.1, 0.15) is 31.4 Å². The highest BCUT2D eigenvalue weighted by atomic mass is 16.2. The van der Waals surface area contributed by atoms with Crippen molar-refractivity contribution in [2.45, 2.75) is 32.2 Å². The van der Waals surface area contributed by atoms with Gasteiger partial charge >= 0.3 is 0 Å². The standard InChI is InChI=1S/C24H25N7O4/c1-29-21(32)12-10-19(27-29)23(34)26-16-6-8-18(9-7-16)31(15-17-5-3-4-14-25-17)24(35)20-11-13-22(33)30(2)28-20/h3-9,14H,10-13,15H2,1-2H3,(H,26,34). The lowest BCUT2D eigenvalue weighted by molar-refractivity contribution is -0.131. The van der Waals surface area contributed by atoms with E-state index in [0.29, 0.717) is 17.1 Å². The molecule has 11 nitrogen and oxygen atoms in total. The molecule has 0 fully saturated rings. The van der Waals surface area contributed by atoms with Crippen molar-refractivity contribution >= 4 is 46.4 Å². The van der Waals surface area contributed by atoms with Gasteiger partial charge in [0.05, 0.1) is 12.2 Å². The summed E-state index contributed by atoms with van der Waals surface area (Å²) in [6.07, 6.45) is 2.64. The van der Waals surface area contributed by atoms with E-state index in [1.165, 1.54) is 24.1 Å². The zero-order valence-electron chi connectivity index (χ0n) is 19.5. The van der Waals surface area contributed by atoms with Crippen molar-refractivity contribution in [1.82, 2.24) is 15.0 Å². The molecule has 35 heavy (non-hydrogen) atoms. The molecule has 0 saturated heterocycles. The second-order valence-electron chi connectivity index (χ2n) is 8.14. The predicted octanol–water partition coefficient (Wildman–Crippen LogP) is 1.77. The van der Waals surface area contributed by atoms with Crippen molar-refractivity contribution < 1.29 is 19.2 Å². The number of benzene rings is 1. The number of nitrogens with zero attached hydrogens (tertiary/aromatic N) is 6. The number of hydrogen-bond donors (Lipinski definition) is 1. The minimum absolute atomic E-state index is 0.137. The molecule has 1 N–H and O–H groups in total. The fourth-order valence-corrected chi connectivity index (χ4v) is 3.67. The van der Waals surface area contributed by atoms with Crippen molar-refractivity contribution in [2.24, 2.45) is 10.2 Å². The van der Waals surface area contributed by atoms with Crippen molar-refractivity contribution in [3.8, 4) is 0 Å². The van der Waals surface area contributed by atoms with E-state index in [9.17, 15) is 19.2 Å². The van der Waals surface area contributed by atoms with Crippen LogP contribution in [0.2, 0.25) is 0 Å². The minimum atomic E-state index is -0.386. The fourth-order valence-electron chi connectivity index (χ4n) is 3.67. The molecule has 0 atom stereocenters. The van der Waals surface area contributed by atoms with Gasteiger partial charge in [0.15, 0.2) is 0 Å². The van der Waals surface area contributed by atoms with Gasteiger partial charge in [0, 0.05) is 57.4 Å². The lowest BCUT2D eigenvalue weighted by Crippen LogP contribution is -2.40. The van der Waals surface area contributed by atoms with Crippen LogP contribution in [0.15, 0.2) is 58.9 Å². The molecule has 0 unspecified atom stereocenters. The number of amides is 4. The Balaban J connectivity index is 1.54. The van der Waals surface area contributed by atoms with E-state index in [0.717, 1.165) is 0 Å². The Kier molecular flexibility index (Phi) is 6.95. The summed E-state index contributed by atoms with van der Waals surface area (Å²) >= 11 is 0. The van der Waals surface area contributed by atoms with Gasteiger partial charge in [0.1, 0.15) is 11.4 Å². The van der Waals surface area contributed by atoms with E-state index >= 15 is 0 Å². The third kappa shape index (κ3) is 5.57. The van der Waals surface area contributed by atoms with Gasteiger partial charge in [-0.25, -0.2) is 10.0 Å². The van der Waals surface area contributed by atoms with Gasteiger partial charge in [-0.2, -0.15) is 10.2 Å². The third-order valence-corrected chi connectivity index (χ3v) is 5.65. The quantitative estimate of drug-likeness (QED) is 0.681. The van der Waals surface area contributed by atoms with Gasteiger partial charge in [-0.1, -0.05) is 6.07 Å². The maximum absolute atomic E-state index is 13.4. The van der Waals surface area contributed by atoms with Crippen LogP contribution in [0, 0.1) is 0 Å². The van der Waals surface area contributed by atoms with E-state index in [-0.39, 0.29) is 67.3 Å². The first-order valence-corrected chi connectivity index (χ1v) is 11.1. The van der Waals surface area contributed by atoms with Crippen LogP contribution in [0.25, 0.3) is 0 Å². The topological polar surface area (TPSA) is 128 Å². The Hall–Kier alpha value is -4.41. The fraction of sp³-hybridized carbons (Fsp3) is 0.292. The number of anilines is 2. The summed E-state index contributed by atoms with van der Waals surface area (Å²) in [4.78, 5) is 55.2. The molecule has 0 bridgehead atoms. The molecule has 1 aromatic heterocycles. The smallest absolute Gasteiger partial charge is 0.274 e. The number of carbonyl (C=O) groups excluding carboxylic acids is 4. The van der Waals surface area contributed by atoms with E-state index in [1.54, 1.807) is 41.4 Å². The highest BCUT2D eigenvalue weighted by molar-refractivity contribution is 6.44. The zero-order chi connectivity index (χ0) is 24.9. The Bertz CT molecular complexity index is 1210. The van der Waals surface area contributed by atoms with Crippen LogP contribution in [-0.2, 0) is 25.7 Å². The molecular weight excluding hydrogens is 450 g/mol. The average molecular weight is 476 g/mol. The number of rotatable bonds is 6. The van der Waals surface area contributed by atoms with Gasteiger partial charge in [0.25, 0.3) is 11.8 Å². The summed E-state index contributed by atoms with van der Waals surface area (Å²) in [5, 5.41) is 13.3. The van der Waals surface area contributed by atoms with Crippen LogP contribution in [0.4, 0.5) is 11.4 Å². The first-order valence-electron chi connectivity index (χ1n) is 11.1. The number of hydrogen-bond acceptors (Lipinski definition) is 7. The summed E-state index contributed by atoms with van der Waals surface area (Å²) in [6, 6.07) is 12.3. The first-order chi connectivity index (χ1) is 16.8. The number of hydrazone groups is 2. The van der Waals surface area contributed by atoms with Crippen LogP contribution in [-0.4, -0.2) is 64.1 Å². The number of nitrogens with one attached hydrogen (secondary N) is 1. The van der Waals surface area contributed by atoms with E-state index in [1.807, 2.05) is 12.1 Å². The molecule has 4 amide bonds. The predicted molar refractivity (Wildman–Crippen MR) is 129 cm³/mol. The molecule has 180 valence electrons. The van der Waals surface area contributed by atoms with E-state index in [4.69, 9.17) is 0 Å². The van der Waals surface area contributed by atoms with Gasteiger partial charge in [-0.3, -0.25) is 24.2 Å². The molecular formula is C24H25N7O4. The highest BCUT2D eigenvalue weighted by Gasteiger charge is 2.27. The molecule has 3 heterocycles. The number of carbonyl (C=O) groups is 4.